The summed E-state index contributed by atoms with van der Waals surface area (Å²) in [5.74, 6) is 0. The van der Waals surface area contributed by atoms with Crippen molar-refractivity contribution in [1.82, 2.24) is 0 Å². The molecule has 0 fully saturated rings. The third-order valence-electron chi connectivity index (χ3n) is 0.297. The molecule has 11 heteroatoms. The molecule has 0 aliphatic heterocycles. The van der Waals surface area contributed by atoms with Crippen LogP contribution in [0.15, 0.2) is 0 Å². The molecule has 0 aromatic rings. The lowest BCUT2D eigenvalue weighted by atomic mass is 10.9. The van der Waals surface area contributed by atoms with Gasteiger partial charge >= 0.3 is 15.6 Å². The van der Waals surface area contributed by atoms with E-state index in [0.29, 0.717) is 0 Å². The van der Waals surface area contributed by atoms with Crippen LogP contribution in [0, 0.1) is 11.3 Å². The van der Waals surface area contributed by atoms with Gasteiger partial charge in [-0.25, -0.2) is 9.13 Å². The van der Waals surface area contributed by atoms with Crippen LogP contribution in [0.3, 0.4) is 0 Å². The molecule has 0 amide bonds. The van der Waals surface area contributed by atoms with Crippen molar-refractivity contribution in [2.45, 2.75) is 0 Å². The van der Waals surface area contributed by atoms with Crippen LogP contribution in [0.4, 0.5) is 0 Å². The number of nitriles is 1. The van der Waals surface area contributed by atoms with Gasteiger partial charge in [-0.3, -0.25) is 4.52 Å². The molecule has 9 nitrogen and oxygen atoms in total. The monoisotopic (exact) mass is 235 g/mol. The SMILES string of the molecule is N#CCOP(=O)(O)O.O=P(O)(O)O. The third-order valence-corrected chi connectivity index (χ3v) is 0.763. The number of hydrogen-bond donors (Lipinski definition) is 5. The van der Waals surface area contributed by atoms with Crippen molar-refractivity contribution in [1.29, 1.82) is 5.26 Å². The smallest absolute Gasteiger partial charge is 0.303 e. The number of phosphoric acid groups is 2. The van der Waals surface area contributed by atoms with Gasteiger partial charge in [0.25, 0.3) is 0 Å². The zero-order chi connectivity index (χ0) is 11.1. The van der Waals surface area contributed by atoms with Gasteiger partial charge in [0, 0.05) is 0 Å². The first kappa shape index (κ1) is 15.2. The second kappa shape index (κ2) is 6.21. The number of phosphoric ester groups is 1. The topological polar surface area (TPSA) is 168 Å². The van der Waals surface area contributed by atoms with Gasteiger partial charge in [-0.2, -0.15) is 5.26 Å². The molecule has 0 aromatic carbocycles. The van der Waals surface area contributed by atoms with Gasteiger partial charge in [-0.15, -0.1) is 0 Å². The molecule has 0 aliphatic rings. The molecule has 0 radical (unpaired) electrons. The number of hydrogen-bond acceptors (Lipinski definition) is 4. The van der Waals surface area contributed by atoms with Crippen LogP contribution >= 0.6 is 15.6 Å². The Hall–Kier alpha value is -0.290. The fourth-order valence-corrected chi connectivity index (χ4v) is 0.339. The molecular weight excluding hydrogens is 228 g/mol. The predicted molar refractivity (Wildman–Crippen MR) is 37.9 cm³/mol. The van der Waals surface area contributed by atoms with E-state index in [-0.39, 0.29) is 0 Å². The van der Waals surface area contributed by atoms with E-state index >= 15 is 0 Å². The van der Waals surface area contributed by atoms with Gasteiger partial charge in [-0.05, 0) is 0 Å². The lowest BCUT2D eigenvalue weighted by Crippen LogP contribution is -1.86. The zero-order valence-corrected chi connectivity index (χ0v) is 7.80. The molecule has 0 aliphatic carbocycles. The summed E-state index contributed by atoms with van der Waals surface area (Å²) in [6, 6.07) is 1.41. The second-order valence-corrected chi connectivity index (χ2v) is 3.70. The van der Waals surface area contributed by atoms with Crippen molar-refractivity contribution in [3.63, 3.8) is 0 Å². The van der Waals surface area contributed by atoms with Crippen molar-refractivity contribution in [2.24, 2.45) is 0 Å². The average molecular weight is 235 g/mol. The van der Waals surface area contributed by atoms with E-state index in [0.717, 1.165) is 0 Å². The van der Waals surface area contributed by atoms with E-state index in [1.807, 2.05) is 0 Å². The largest absolute Gasteiger partial charge is 0.470 e. The number of nitrogens with zero attached hydrogens (tertiary/aromatic N) is 1. The normalized spacial score (nSPS) is 11.1. The van der Waals surface area contributed by atoms with E-state index in [1.54, 1.807) is 0 Å². The maximum atomic E-state index is 9.71. The zero-order valence-electron chi connectivity index (χ0n) is 6.01. The Kier molecular flexibility index (Phi) is 7.26. The van der Waals surface area contributed by atoms with Crippen molar-refractivity contribution in [3.8, 4) is 6.07 Å². The van der Waals surface area contributed by atoms with Crippen molar-refractivity contribution >= 4 is 15.6 Å². The molecule has 0 atom stereocenters. The van der Waals surface area contributed by atoms with Gasteiger partial charge in [0.15, 0.2) is 0 Å². The molecular formula is C2H7NO8P2. The van der Waals surface area contributed by atoms with Crippen molar-refractivity contribution in [3.05, 3.63) is 0 Å². The van der Waals surface area contributed by atoms with Crippen LogP contribution in [-0.2, 0) is 13.7 Å². The lowest BCUT2D eigenvalue weighted by molar-refractivity contribution is 0.218. The second-order valence-electron chi connectivity index (χ2n) is 1.44. The molecule has 0 spiro atoms. The standard InChI is InChI=1S/C2H4NO4P.H3O4P/c3-1-2-7-8(4,5)6;1-5(2,3)4/h2H2,(H2,4,5,6);(H3,1,2,3,4). The Labute approximate surface area is 72.7 Å². The Morgan fingerprint density at radius 1 is 1.15 bits per heavy atom. The van der Waals surface area contributed by atoms with Gasteiger partial charge in [0.05, 0.1) is 6.07 Å². The van der Waals surface area contributed by atoms with E-state index in [9.17, 15) is 4.57 Å². The summed E-state index contributed by atoms with van der Waals surface area (Å²) in [6.45, 7) is -0.579. The molecule has 0 unspecified atom stereocenters. The van der Waals surface area contributed by atoms with E-state index < -0.39 is 22.3 Å². The predicted octanol–water partition coefficient (Wildman–Crippen LogP) is -1.31. The van der Waals surface area contributed by atoms with E-state index in [1.165, 1.54) is 6.07 Å². The summed E-state index contributed by atoms with van der Waals surface area (Å²) in [6.07, 6.45) is 0. The van der Waals surface area contributed by atoms with Gasteiger partial charge in [-0.1, -0.05) is 0 Å². The maximum Gasteiger partial charge on any atom is 0.470 e. The molecule has 0 bridgehead atoms. The highest BCUT2D eigenvalue weighted by atomic mass is 31.2. The fourth-order valence-electron chi connectivity index (χ4n) is 0.113. The minimum atomic E-state index is -4.64. The first-order chi connectivity index (χ1) is 5.56. The Balaban J connectivity index is 0. The first-order valence-corrected chi connectivity index (χ1v) is 5.51. The van der Waals surface area contributed by atoms with Crippen molar-refractivity contribution < 1.29 is 38.1 Å². The van der Waals surface area contributed by atoms with Crippen LogP contribution < -0.4 is 0 Å². The molecule has 13 heavy (non-hydrogen) atoms. The summed E-state index contributed by atoms with van der Waals surface area (Å²) in [4.78, 5) is 37.3. The van der Waals surface area contributed by atoms with Crippen molar-refractivity contribution in [2.75, 3.05) is 6.61 Å². The highest BCUT2D eigenvalue weighted by Gasteiger charge is 2.11. The molecule has 78 valence electrons. The lowest BCUT2D eigenvalue weighted by Gasteiger charge is -1.96. The van der Waals surface area contributed by atoms with E-state index in [2.05, 4.69) is 4.52 Å². The van der Waals surface area contributed by atoms with Crippen LogP contribution in [0.1, 0.15) is 0 Å². The average Bonchev–Trinajstić information content (AvgIpc) is 1.77. The van der Waals surface area contributed by atoms with E-state index in [4.69, 9.17) is 34.3 Å². The summed E-state index contributed by atoms with van der Waals surface area (Å²) >= 11 is 0. The number of rotatable bonds is 2. The van der Waals surface area contributed by atoms with Gasteiger partial charge < -0.3 is 24.5 Å². The summed E-state index contributed by atoms with van der Waals surface area (Å²) < 4.78 is 22.3. The fraction of sp³-hybridized carbons (Fsp3) is 0.500. The molecule has 5 N–H and O–H groups in total. The Morgan fingerprint density at radius 3 is 1.54 bits per heavy atom. The van der Waals surface area contributed by atoms with Crippen LogP contribution in [0.25, 0.3) is 0 Å². The molecule has 0 saturated carbocycles. The minimum Gasteiger partial charge on any atom is -0.303 e. The highest BCUT2D eigenvalue weighted by molar-refractivity contribution is 7.46. The quantitative estimate of drug-likeness (QED) is 0.364. The minimum absolute atomic E-state index is 0.579. The van der Waals surface area contributed by atoms with Crippen LogP contribution in [0.2, 0.25) is 0 Å². The first-order valence-electron chi connectivity index (χ1n) is 2.41. The summed E-state index contributed by atoms with van der Waals surface area (Å²) in [5.41, 5.74) is 0. The molecule has 0 heterocycles. The molecule has 0 rings (SSSR count). The maximum absolute atomic E-state index is 9.71. The summed E-state index contributed by atoms with van der Waals surface area (Å²) in [5, 5.41) is 7.71. The molecule has 0 aromatic heterocycles. The van der Waals surface area contributed by atoms with Gasteiger partial charge in [0.2, 0.25) is 0 Å². The third kappa shape index (κ3) is 49.8. The Morgan fingerprint density at radius 2 is 1.46 bits per heavy atom. The van der Waals surface area contributed by atoms with Crippen LogP contribution in [0.5, 0.6) is 0 Å². The molecule has 0 saturated heterocycles. The summed E-state index contributed by atoms with van der Waals surface area (Å²) in [7, 11) is -9.04. The highest BCUT2D eigenvalue weighted by Crippen LogP contribution is 2.34. The van der Waals surface area contributed by atoms with Crippen LogP contribution in [-0.4, -0.2) is 31.1 Å². The van der Waals surface area contributed by atoms with Gasteiger partial charge in [0.1, 0.15) is 6.61 Å². The Bertz CT molecular complexity index is 248.